The maximum absolute atomic E-state index is 9.09. The van der Waals surface area contributed by atoms with Crippen LogP contribution in [0, 0.1) is 6.57 Å². The van der Waals surface area contributed by atoms with Crippen molar-refractivity contribution in [1.82, 2.24) is 4.98 Å². The molecule has 4 heteroatoms. The lowest BCUT2D eigenvalue weighted by Gasteiger charge is -1.90. The van der Waals surface area contributed by atoms with Gasteiger partial charge in [-0.25, -0.2) is 0 Å². The second-order valence-electron chi connectivity index (χ2n) is 1.44. The Morgan fingerprint density at radius 3 is 3.10 bits per heavy atom. The Labute approximate surface area is 69.1 Å². The Balaban J connectivity index is 3.52. The van der Waals surface area contributed by atoms with Crippen LogP contribution in [0.2, 0.25) is 0 Å². The lowest BCUT2D eigenvalue weighted by molar-refractivity contribution is 0.469. The van der Waals surface area contributed by atoms with Crippen LogP contribution in [0.5, 0.6) is 5.75 Å². The number of pyridine rings is 1. The molecule has 0 radical (unpaired) electrons. The number of aromatic hydroxyl groups is 1. The van der Waals surface area contributed by atoms with E-state index in [1.807, 2.05) is 0 Å². The summed E-state index contributed by atoms with van der Waals surface area (Å²) in [4.78, 5) is 6.48. The number of hydrogen-bond donors (Lipinski definition) is 1. The van der Waals surface area contributed by atoms with Crippen molar-refractivity contribution in [3.05, 3.63) is 28.1 Å². The second kappa shape index (κ2) is 2.67. The molecule has 1 rings (SSSR count). The van der Waals surface area contributed by atoms with Gasteiger partial charge >= 0.3 is 0 Å². The Bertz CT molecular complexity index is 375. The highest BCUT2D eigenvalue weighted by molar-refractivity contribution is 9.10. The van der Waals surface area contributed by atoms with E-state index in [1.165, 1.54) is 0 Å². The highest BCUT2D eigenvalue weighted by Crippen LogP contribution is 2.23. The molecule has 0 saturated carbocycles. The van der Waals surface area contributed by atoms with Crippen molar-refractivity contribution in [2.45, 2.75) is 0 Å². The molecular weight excluding hydrogens is 196 g/mol. The molecule has 0 aliphatic carbocycles. The van der Waals surface area contributed by atoms with Gasteiger partial charge in [0.2, 0.25) is 4.60 Å². The summed E-state index contributed by atoms with van der Waals surface area (Å²) in [6, 6.07) is -0.742. The van der Waals surface area contributed by atoms with Gasteiger partial charge in [-0.3, -0.25) is 0 Å². The zero-order valence-corrected chi connectivity index (χ0v) is 6.31. The van der Waals surface area contributed by atoms with Crippen molar-refractivity contribution >= 4 is 21.7 Å². The van der Waals surface area contributed by atoms with Crippen molar-refractivity contribution in [2.24, 2.45) is 0 Å². The molecule has 0 spiro atoms. The standard InChI is InChI=1S/C6H3BrN2O/c1-8-5-3-2-4(10)6(7)9-5/h2-3,10H/i2D,3D. The Morgan fingerprint density at radius 2 is 2.50 bits per heavy atom. The second-order valence-corrected chi connectivity index (χ2v) is 2.19. The summed E-state index contributed by atoms with van der Waals surface area (Å²) in [6.07, 6.45) is 0. The van der Waals surface area contributed by atoms with Gasteiger partial charge < -0.3 is 9.95 Å². The number of rotatable bonds is 0. The van der Waals surface area contributed by atoms with Gasteiger partial charge in [-0.15, -0.1) is 4.98 Å². The number of halogens is 1. The molecule has 0 fully saturated rings. The van der Waals surface area contributed by atoms with Gasteiger partial charge in [0.15, 0.2) is 5.75 Å². The minimum Gasteiger partial charge on any atom is -0.503 e. The van der Waals surface area contributed by atoms with Crippen LogP contribution in [-0.4, -0.2) is 10.1 Å². The fourth-order valence-electron chi connectivity index (χ4n) is 0.394. The van der Waals surface area contributed by atoms with Crippen molar-refractivity contribution in [3.8, 4) is 5.75 Å². The molecule has 0 amide bonds. The normalized spacial score (nSPS) is 11.6. The van der Waals surface area contributed by atoms with Gasteiger partial charge in [-0.2, -0.15) is 0 Å². The first-order valence-corrected chi connectivity index (χ1v) is 3.10. The Morgan fingerprint density at radius 1 is 1.80 bits per heavy atom. The first kappa shape index (κ1) is 4.69. The minimum atomic E-state index is -0.410. The zero-order valence-electron chi connectivity index (χ0n) is 6.72. The fraction of sp³-hybridized carbons (Fsp3) is 0. The molecule has 10 heavy (non-hydrogen) atoms. The van der Waals surface area contributed by atoms with E-state index in [0.29, 0.717) is 0 Å². The van der Waals surface area contributed by atoms with Gasteiger partial charge in [0.05, 0.1) is 2.74 Å². The van der Waals surface area contributed by atoms with Crippen molar-refractivity contribution in [2.75, 3.05) is 0 Å². The third-order valence-electron chi connectivity index (χ3n) is 0.798. The first-order valence-electron chi connectivity index (χ1n) is 3.31. The summed E-state index contributed by atoms with van der Waals surface area (Å²) in [6.45, 7) is 6.61. The van der Waals surface area contributed by atoms with Gasteiger partial charge in [0.1, 0.15) is 0 Å². The van der Waals surface area contributed by atoms with Crippen molar-refractivity contribution < 1.29 is 7.85 Å². The molecule has 0 aliphatic heterocycles. The van der Waals surface area contributed by atoms with Crippen LogP contribution in [0.1, 0.15) is 2.74 Å². The van der Waals surface area contributed by atoms with Crippen LogP contribution in [-0.2, 0) is 0 Å². The van der Waals surface area contributed by atoms with Crippen LogP contribution in [0.4, 0.5) is 5.82 Å². The molecule has 1 aromatic rings. The largest absolute Gasteiger partial charge is 0.503 e. The highest BCUT2D eigenvalue weighted by atomic mass is 79.9. The van der Waals surface area contributed by atoms with Gasteiger partial charge in [-0.1, -0.05) is 6.57 Å². The molecule has 0 unspecified atom stereocenters. The SMILES string of the molecule is [2H]c1c([N+]#[C-])nc(Br)c(O)c1[2H]. The Hall–Kier alpha value is -1.08. The summed E-state index contributed by atoms with van der Waals surface area (Å²) in [7, 11) is 0. The number of hydrogen-bond acceptors (Lipinski definition) is 2. The molecule has 0 aliphatic rings. The highest BCUT2D eigenvalue weighted by Gasteiger charge is 2.02. The van der Waals surface area contributed by atoms with E-state index >= 15 is 0 Å². The van der Waals surface area contributed by atoms with Crippen molar-refractivity contribution in [3.63, 3.8) is 0 Å². The van der Waals surface area contributed by atoms with Gasteiger partial charge in [0, 0.05) is 15.9 Å². The summed E-state index contributed by atoms with van der Waals surface area (Å²) in [5, 5.41) is 9.09. The molecule has 0 saturated heterocycles. The van der Waals surface area contributed by atoms with Crippen LogP contribution >= 0.6 is 15.9 Å². The van der Waals surface area contributed by atoms with E-state index in [2.05, 4.69) is 25.8 Å². The van der Waals surface area contributed by atoms with E-state index in [4.69, 9.17) is 14.4 Å². The minimum absolute atomic E-state index is 0.0227. The van der Waals surface area contributed by atoms with Gasteiger partial charge in [-0.05, 0) is 12.1 Å². The van der Waals surface area contributed by atoms with E-state index in [9.17, 15) is 0 Å². The molecule has 0 atom stereocenters. The third-order valence-corrected chi connectivity index (χ3v) is 1.35. The molecule has 1 aromatic heterocycles. The quantitative estimate of drug-likeness (QED) is 0.515. The number of nitrogens with zero attached hydrogens (tertiary/aromatic N) is 2. The van der Waals surface area contributed by atoms with Crippen molar-refractivity contribution in [1.29, 1.82) is 0 Å². The lowest BCUT2D eigenvalue weighted by atomic mass is 10.4. The first-order chi connectivity index (χ1) is 5.57. The summed E-state index contributed by atoms with van der Waals surface area (Å²) in [5.74, 6) is -0.600. The summed E-state index contributed by atoms with van der Waals surface area (Å²) in [5.41, 5.74) is 0. The predicted molar refractivity (Wildman–Crippen MR) is 39.9 cm³/mol. The number of aromatic nitrogens is 1. The van der Waals surface area contributed by atoms with E-state index < -0.39 is 5.75 Å². The third kappa shape index (κ3) is 1.25. The maximum Gasteiger partial charge on any atom is 0.271 e. The molecule has 0 bridgehead atoms. The van der Waals surface area contributed by atoms with Crippen LogP contribution < -0.4 is 0 Å². The molecule has 1 N–H and O–H groups in total. The molecule has 1 heterocycles. The predicted octanol–water partition coefficient (Wildman–Crippen LogP) is 2.10. The van der Waals surface area contributed by atoms with E-state index in [0.717, 1.165) is 0 Å². The average Bonchev–Trinajstić information content (AvgIpc) is 2.08. The van der Waals surface area contributed by atoms with E-state index in [-0.39, 0.29) is 22.5 Å². The van der Waals surface area contributed by atoms with Gasteiger partial charge in [0.25, 0.3) is 5.82 Å². The summed E-state index contributed by atoms with van der Waals surface area (Å²) < 4.78 is 14.4. The molecular formula is C6H3BrN2O. The fourth-order valence-corrected chi connectivity index (χ4v) is 0.661. The molecule has 50 valence electrons. The maximum atomic E-state index is 9.09. The van der Waals surface area contributed by atoms with Crippen LogP contribution in [0.3, 0.4) is 0 Å². The smallest absolute Gasteiger partial charge is 0.271 e. The lowest BCUT2D eigenvalue weighted by Crippen LogP contribution is -1.74. The van der Waals surface area contributed by atoms with Crippen LogP contribution in [0.15, 0.2) is 16.7 Å². The Kier molecular flexibility index (Phi) is 1.25. The molecule has 0 aromatic carbocycles. The zero-order chi connectivity index (χ0) is 9.30. The van der Waals surface area contributed by atoms with E-state index in [1.54, 1.807) is 0 Å². The average molecular weight is 201 g/mol. The summed E-state index contributed by atoms with van der Waals surface area (Å²) >= 11 is 2.86. The topological polar surface area (TPSA) is 37.5 Å². The monoisotopic (exact) mass is 200 g/mol. The molecule has 3 nitrogen and oxygen atoms in total. The van der Waals surface area contributed by atoms with Crippen LogP contribution in [0.25, 0.3) is 4.85 Å².